The van der Waals surface area contributed by atoms with Crippen LogP contribution in [0.1, 0.15) is 38.5 Å². The topological polar surface area (TPSA) is 96.0 Å². The molecule has 2 aliphatic rings. The van der Waals surface area contributed by atoms with Crippen molar-refractivity contribution in [1.82, 2.24) is 9.21 Å². The summed E-state index contributed by atoms with van der Waals surface area (Å²) in [6, 6.07) is 15.6. The molecule has 2 aromatic carbocycles. The predicted octanol–water partition coefficient (Wildman–Crippen LogP) is 3.51. The first kappa shape index (κ1) is 25.2. The van der Waals surface area contributed by atoms with Crippen LogP contribution in [-0.4, -0.2) is 62.2 Å². The minimum Gasteiger partial charge on any atom is -0.484 e. The molecule has 35 heavy (non-hydrogen) atoms. The van der Waals surface area contributed by atoms with Crippen molar-refractivity contribution in [1.29, 1.82) is 0 Å². The van der Waals surface area contributed by atoms with E-state index in [1.165, 1.54) is 0 Å². The molecule has 2 amide bonds. The lowest BCUT2D eigenvalue weighted by Gasteiger charge is -2.31. The Kier molecular flexibility index (Phi) is 8.41. The highest BCUT2D eigenvalue weighted by molar-refractivity contribution is 7.89. The Morgan fingerprint density at radius 1 is 0.857 bits per heavy atom. The lowest BCUT2D eigenvalue weighted by molar-refractivity contribution is -0.136. The van der Waals surface area contributed by atoms with E-state index in [9.17, 15) is 18.0 Å². The van der Waals surface area contributed by atoms with Gasteiger partial charge in [0.1, 0.15) is 5.75 Å². The molecular formula is C26H33N3O5S. The van der Waals surface area contributed by atoms with Crippen LogP contribution in [0.2, 0.25) is 0 Å². The van der Waals surface area contributed by atoms with E-state index >= 15 is 0 Å². The number of likely N-dealkylation sites (tertiary alicyclic amines) is 1. The van der Waals surface area contributed by atoms with Gasteiger partial charge in [0.2, 0.25) is 15.9 Å². The maximum Gasteiger partial charge on any atom is 0.260 e. The van der Waals surface area contributed by atoms with Crippen molar-refractivity contribution in [2.24, 2.45) is 5.92 Å². The number of carbonyl (C=O) groups is 2. The maximum atomic E-state index is 12.9. The standard InChI is InChI=1S/C26H33N3O5S/c30-25(20-34-23-8-4-3-5-9-23)28-18-14-21(15-19-28)26(31)27-22-10-12-24(13-11-22)35(32,33)29-16-6-1-2-7-17-29/h3-5,8-13,21H,1-2,6-7,14-20H2,(H,27,31). The lowest BCUT2D eigenvalue weighted by Crippen LogP contribution is -2.43. The molecule has 0 saturated carbocycles. The van der Waals surface area contributed by atoms with E-state index in [1.807, 2.05) is 18.2 Å². The number of benzene rings is 2. The summed E-state index contributed by atoms with van der Waals surface area (Å²) in [6.45, 7) is 2.10. The number of hydrogen-bond acceptors (Lipinski definition) is 5. The third-order valence-corrected chi connectivity index (χ3v) is 8.56. The zero-order valence-electron chi connectivity index (χ0n) is 19.9. The highest BCUT2D eigenvalue weighted by Crippen LogP contribution is 2.23. The number of sulfonamides is 1. The van der Waals surface area contributed by atoms with E-state index in [0.717, 1.165) is 25.7 Å². The molecule has 2 heterocycles. The quantitative estimate of drug-likeness (QED) is 0.629. The Hall–Kier alpha value is -2.91. The van der Waals surface area contributed by atoms with Crippen molar-refractivity contribution < 1.29 is 22.7 Å². The Labute approximate surface area is 207 Å². The average molecular weight is 500 g/mol. The molecule has 0 unspecified atom stereocenters. The van der Waals surface area contributed by atoms with Crippen LogP contribution in [0.4, 0.5) is 5.69 Å². The van der Waals surface area contributed by atoms with Crippen LogP contribution in [0.25, 0.3) is 0 Å². The van der Waals surface area contributed by atoms with E-state index in [-0.39, 0.29) is 29.2 Å². The van der Waals surface area contributed by atoms with Gasteiger partial charge in [0.25, 0.3) is 5.91 Å². The molecular weight excluding hydrogens is 466 g/mol. The van der Waals surface area contributed by atoms with Crippen LogP contribution in [-0.2, 0) is 19.6 Å². The van der Waals surface area contributed by atoms with Gasteiger partial charge in [0.05, 0.1) is 4.90 Å². The second-order valence-corrected chi connectivity index (χ2v) is 11.0. The second-order valence-electron chi connectivity index (χ2n) is 9.09. The molecule has 188 valence electrons. The van der Waals surface area contributed by atoms with Gasteiger partial charge in [-0.15, -0.1) is 0 Å². The van der Waals surface area contributed by atoms with Crippen LogP contribution in [0.5, 0.6) is 5.75 Å². The summed E-state index contributed by atoms with van der Waals surface area (Å²) in [5.74, 6) is 0.254. The van der Waals surface area contributed by atoms with Crippen LogP contribution >= 0.6 is 0 Å². The zero-order chi connectivity index (χ0) is 24.7. The third-order valence-electron chi connectivity index (χ3n) is 6.65. The van der Waals surface area contributed by atoms with Crippen molar-refractivity contribution in [2.45, 2.75) is 43.4 Å². The number of amides is 2. The molecule has 0 aromatic heterocycles. The summed E-state index contributed by atoms with van der Waals surface area (Å²) in [6.07, 6.45) is 5.04. The molecule has 2 fully saturated rings. The van der Waals surface area contributed by atoms with Crippen LogP contribution in [0, 0.1) is 5.92 Å². The number of nitrogens with zero attached hydrogens (tertiary/aromatic N) is 2. The van der Waals surface area contributed by atoms with Crippen LogP contribution in [0.3, 0.4) is 0 Å². The molecule has 0 spiro atoms. The molecule has 1 N–H and O–H groups in total. The van der Waals surface area contributed by atoms with Crippen molar-refractivity contribution in [3.63, 3.8) is 0 Å². The van der Waals surface area contributed by atoms with Gasteiger partial charge in [-0.3, -0.25) is 9.59 Å². The van der Waals surface area contributed by atoms with Crippen LogP contribution in [0.15, 0.2) is 59.5 Å². The van der Waals surface area contributed by atoms with Gasteiger partial charge >= 0.3 is 0 Å². The molecule has 0 aliphatic carbocycles. The minimum absolute atomic E-state index is 0.0203. The fourth-order valence-electron chi connectivity index (χ4n) is 4.53. The first-order chi connectivity index (χ1) is 16.9. The predicted molar refractivity (Wildman–Crippen MR) is 134 cm³/mol. The summed E-state index contributed by atoms with van der Waals surface area (Å²) in [5, 5.41) is 2.90. The number of rotatable bonds is 7. The van der Waals surface area contributed by atoms with E-state index in [2.05, 4.69) is 5.32 Å². The number of hydrogen-bond donors (Lipinski definition) is 1. The number of carbonyl (C=O) groups excluding carboxylic acids is 2. The number of piperidine rings is 1. The smallest absolute Gasteiger partial charge is 0.260 e. The summed E-state index contributed by atoms with van der Waals surface area (Å²) < 4.78 is 33.0. The SMILES string of the molecule is O=C(Nc1ccc(S(=O)(=O)N2CCCCCC2)cc1)C1CCN(C(=O)COc2ccccc2)CC1. The highest BCUT2D eigenvalue weighted by atomic mass is 32.2. The average Bonchev–Trinajstić information content (AvgIpc) is 3.19. The van der Waals surface area contributed by atoms with Crippen molar-refractivity contribution in [3.05, 3.63) is 54.6 Å². The number of ether oxygens (including phenoxy) is 1. The number of anilines is 1. The molecule has 4 rings (SSSR count). The lowest BCUT2D eigenvalue weighted by atomic mass is 9.95. The summed E-state index contributed by atoms with van der Waals surface area (Å²) in [5.41, 5.74) is 0.569. The molecule has 2 aromatic rings. The Morgan fingerprint density at radius 2 is 1.49 bits per heavy atom. The Bertz CT molecular complexity index is 1090. The van der Waals surface area contributed by atoms with E-state index in [0.29, 0.717) is 50.5 Å². The van der Waals surface area contributed by atoms with Gasteiger partial charge in [-0.25, -0.2) is 8.42 Å². The van der Waals surface area contributed by atoms with E-state index in [1.54, 1.807) is 45.6 Å². The second kappa shape index (κ2) is 11.7. The first-order valence-electron chi connectivity index (χ1n) is 12.3. The Morgan fingerprint density at radius 3 is 2.11 bits per heavy atom. The monoisotopic (exact) mass is 499 g/mol. The fraction of sp³-hybridized carbons (Fsp3) is 0.462. The first-order valence-corrected chi connectivity index (χ1v) is 13.7. The van der Waals surface area contributed by atoms with Gasteiger partial charge in [0.15, 0.2) is 6.61 Å². The molecule has 2 aliphatic heterocycles. The van der Waals surface area contributed by atoms with Crippen molar-refractivity contribution in [2.75, 3.05) is 38.1 Å². The molecule has 9 heteroatoms. The summed E-state index contributed by atoms with van der Waals surface area (Å²) >= 11 is 0. The number of nitrogens with one attached hydrogen (secondary N) is 1. The molecule has 0 radical (unpaired) electrons. The van der Waals surface area contributed by atoms with Gasteiger partial charge < -0.3 is 15.0 Å². The van der Waals surface area contributed by atoms with Gasteiger partial charge in [-0.05, 0) is 62.1 Å². The Balaban J connectivity index is 1.25. The molecule has 0 bridgehead atoms. The van der Waals surface area contributed by atoms with E-state index < -0.39 is 10.0 Å². The minimum atomic E-state index is -3.52. The molecule has 0 atom stereocenters. The largest absolute Gasteiger partial charge is 0.484 e. The van der Waals surface area contributed by atoms with Gasteiger partial charge in [-0.2, -0.15) is 4.31 Å². The highest BCUT2D eigenvalue weighted by Gasteiger charge is 2.28. The fourth-order valence-corrected chi connectivity index (χ4v) is 6.05. The normalized spacial score (nSPS) is 18.0. The molecule has 2 saturated heterocycles. The maximum absolute atomic E-state index is 12.9. The van der Waals surface area contributed by atoms with Crippen molar-refractivity contribution in [3.8, 4) is 5.75 Å². The number of para-hydroxylation sites is 1. The summed E-state index contributed by atoms with van der Waals surface area (Å²) in [4.78, 5) is 27.2. The van der Waals surface area contributed by atoms with Gasteiger partial charge in [-0.1, -0.05) is 31.0 Å². The van der Waals surface area contributed by atoms with Crippen molar-refractivity contribution >= 4 is 27.5 Å². The molecule has 8 nitrogen and oxygen atoms in total. The van der Waals surface area contributed by atoms with E-state index in [4.69, 9.17) is 4.74 Å². The van der Waals surface area contributed by atoms with Crippen LogP contribution < -0.4 is 10.1 Å². The third kappa shape index (κ3) is 6.61. The zero-order valence-corrected chi connectivity index (χ0v) is 20.7. The van der Waals surface area contributed by atoms with Gasteiger partial charge in [0, 0.05) is 37.8 Å². The summed E-state index contributed by atoms with van der Waals surface area (Å²) in [7, 11) is -3.52.